The van der Waals surface area contributed by atoms with E-state index in [-0.39, 0.29) is 11.9 Å². The van der Waals surface area contributed by atoms with Crippen molar-refractivity contribution < 1.29 is 9.59 Å². The first-order valence-electron chi connectivity index (χ1n) is 6.61. The minimum absolute atomic E-state index is 0.0668. The van der Waals surface area contributed by atoms with Gasteiger partial charge in [-0.25, -0.2) is 4.79 Å². The number of nitrogens with two attached hydrogens (primary N) is 1. The van der Waals surface area contributed by atoms with Gasteiger partial charge in [0.05, 0.1) is 6.04 Å². The zero-order chi connectivity index (χ0) is 14.7. The fourth-order valence-corrected chi connectivity index (χ4v) is 3.03. The Morgan fingerprint density at radius 2 is 2.25 bits per heavy atom. The highest BCUT2D eigenvalue weighted by Gasteiger charge is 2.32. The third-order valence-electron chi connectivity index (χ3n) is 3.50. The van der Waals surface area contributed by atoms with E-state index in [1.807, 2.05) is 29.2 Å². The molecule has 0 unspecified atom stereocenters. The number of rotatable bonds is 3. The predicted molar refractivity (Wildman–Crippen MR) is 80.0 cm³/mol. The van der Waals surface area contributed by atoms with Crippen molar-refractivity contribution >= 4 is 27.9 Å². The summed E-state index contributed by atoms with van der Waals surface area (Å²) in [6, 6.07) is 6.77. The van der Waals surface area contributed by atoms with Crippen molar-refractivity contribution in [3.8, 4) is 0 Å². The summed E-state index contributed by atoms with van der Waals surface area (Å²) in [5.41, 5.74) is 6.18. The number of hydrogen-bond acceptors (Lipinski definition) is 2. The maximum absolute atomic E-state index is 12.4. The minimum atomic E-state index is -0.677. The lowest BCUT2D eigenvalue weighted by atomic mass is 10.0. The average Bonchev–Trinajstić information content (AvgIpc) is 2.86. The Hall–Kier alpha value is -1.56. The molecule has 2 atom stereocenters. The van der Waals surface area contributed by atoms with Crippen LogP contribution in [0.5, 0.6) is 0 Å². The van der Waals surface area contributed by atoms with E-state index in [9.17, 15) is 9.59 Å². The largest absolute Gasteiger partial charge is 0.352 e. The van der Waals surface area contributed by atoms with Crippen molar-refractivity contribution in [2.24, 2.45) is 5.73 Å². The molecule has 0 radical (unpaired) electrons. The Bertz CT molecular complexity index is 521. The van der Waals surface area contributed by atoms with Crippen molar-refractivity contribution in [3.05, 3.63) is 34.3 Å². The van der Waals surface area contributed by atoms with Gasteiger partial charge in [-0.15, -0.1) is 0 Å². The molecule has 0 aliphatic carbocycles. The van der Waals surface area contributed by atoms with E-state index in [4.69, 9.17) is 5.73 Å². The van der Waals surface area contributed by atoms with Crippen LogP contribution in [0.15, 0.2) is 28.7 Å². The van der Waals surface area contributed by atoms with Crippen LogP contribution < -0.4 is 11.1 Å². The zero-order valence-corrected chi connectivity index (χ0v) is 12.9. The molecule has 0 aromatic heterocycles. The highest BCUT2D eigenvalue weighted by atomic mass is 79.9. The summed E-state index contributed by atoms with van der Waals surface area (Å²) in [7, 11) is 0. The van der Waals surface area contributed by atoms with Crippen molar-refractivity contribution in [1.82, 2.24) is 10.2 Å². The van der Waals surface area contributed by atoms with Gasteiger partial charge in [0.1, 0.15) is 6.04 Å². The molecule has 0 saturated carbocycles. The third kappa shape index (κ3) is 3.30. The first kappa shape index (κ1) is 14.8. The van der Waals surface area contributed by atoms with Crippen LogP contribution in [0.3, 0.4) is 0 Å². The van der Waals surface area contributed by atoms with E-state index >= 15 is 0 Å². The second-order valence-corrected chi connectivity index (χ2v) is 5.89. The number of hydrogen-bond donors (Lipinski definition) is 2. The van der Waals surface area contributed by atoms with Crippen LogP contribution in [-0.4, -0.2) is 29.4 Å². The molecule has 6 heteroatoms. The standard InChI is InChI=1S/C14H18BrN3O2/c1-9(17-14(16)20)13(19)18-7-3-6-12(18)10-4-2-5-11(15)8-10/h2,4-5,8-9,12H,3,6-7H2,1H3,(H3,16,17,20)/t9-,12-/m1/s1. The minimum Gasteiger partial charge on any atom is -0.352 e. The zero-order valence-electron chi connectivity index (χ0n) is 11.3. The molecule has 0 spiro atoms. The third-order valence-corrected chi connectivity index (χ3v) is 3.99. The summed E-state index contributed by atoms with van der Waals surface area (Å²) in [6.07, 6.45) is 1.90. The highest BCUT2D eigenvalue weighted by molar-refractivity contribution is 9.10. The fourth-order valence-electron chi connectivity index (χ4n) is 2.61. The maximum atomic E-state index is 12.4. The van der Waals surface area contributed by atoms with Gasteiger partial charge in [-0.3, -0.25) is 4.79 Å². The van der Waals surface area contributed by atoms with E-state index < -0.39 is 12.1 Å². The Morgan fingerprint density at radius 3 is 2.90 bits per heavy atom. The number of likely N-dealkylation sites (tertiary alicyclic amines) is 1. The summed E-state index contributed by atoms with van der Waals surface area (Å²) < 4.78 is 0.998. The first-order valence-corrected chi connectivity index (χ1v) is 7.40. The number of nitrogens with zero attached hydrogens (tertiary/aromatic N) is 1. The fraction of sp³-hybridized carbons (Fsp3) is 0.429. The number of carbonyl (C=O) groups is 2. The lowest BCUT2D eigenvalue weighted by Gasteiger charge is -2.28. The number of carbonyl (C=O) groups excluding carboxylic acids is 2. The van der Waals surface area contributed by atoms with Crippen molar-refractivity contribution in [1.29, 1.82) is 0 Å². The quantitative estimate of drug-likeness (QED) is 0.885. The van der Waals surface area contributed by atoms with E-state index in [2.05, 4.69) is 21.2 Å². The van der Waals surface area contributed by atoms with Crippen LogP contribution in [-0.2, 0) is 4.79 Å². The highest BCUT2D eigenvalue weighted by Crippen LogP contribution is 2.33. The molecule has 20 heavy (non-hydrogen) atoms. The van der Waals surface area contributed by atoms with Gasteiger partial charge in [-0.1, -0.05) is 28.1 Å². The molecule has 1 aromatic rings. The molecule has 1 aliphatic rings. The summed E-state index contributed by atoms with van der Waals surface area (Å²) in [6.45, 7) is 2.37. The molecule has 108 valence electrons. The van der Waals surface area contributed by atoms with Crippen LogP contribution >= 0.6 is 15.9 Å². The first-order chi connectivity index (χ1) is 9.49. The number of amides is 3. The van der Waals surface area contributed by atoms with Crippen molar-refractivity contribution in [2.75, 3.05) is 6.54 Å². The maximum Gasteiger partial charge on any atom is 0.312 e. The van der Waals surface area contributed by atoms with Gasteiger partial charge in [0.15, 0.2) is 0 Å². The van der Waals surface area contributed by atoms with E-state index in [0.29, 0.717) is 6.54 Å². The van der Waals surface area contributed by atoms with Crippen molar-refractivity contribution in [3.63, 3.8) is 0 Å². The summed E-state index contributed by atoms with van der Waals surface area (Å²) in [5, 5.41) is 2.44. The molecule has 1 aromatic carbocycles. The lowest BCUT2D eigenvalue weighted by molar-refractivity contribution is -0.133. The number of benzene rings is 1. The molecule has 1 aliphatic heterocycles. The molecule has 3 N–H and O–H groups in total. The SMILES string of the molecule is C[C@@H](NC(N)=O)C(=O)N1CCC[C@@H]1c1cccc(Br)c1. The summed E-state index contributed by atoms with van der Waals surface area (Å²) in [5.74, 6) is -0.0914. The van der Waals surface area contributed by atoms with E-state index in [1.165, 1.54) is 0 Å². The topological polar surface area (TPSA) is 75.4 Å². The van der Waals surface area contributed by atoms with Crippen LogP contribution in [0.25, 0.3) is 0 Å². The van der Waals surface area contributed by atoms with Crippen LogP contribution in [0.2, 0.25) is 0 Å². The van der Waals surface area contributed by atoms with E-state index in [1.54, 1.807) is 6.92 Å². The number of primary amides is 1. The van der Waals surface area contributed by atoms with Gasteiger partial charge in [0.2, 0.25) is 5.91 Å². The molecule has 5 nitrogen and oxygen atoms in total. The molecule has 3 amide bonds. The van der Waals surface area contributed by atoms with Gasteiger partial charge in [0, 0.05) is 11.0 Å². The molecule has 2 rings (SSSR count). The Kier molecular flexibility index (Phi) is 4.65. The van der Waals surface area contributed by atoms with Crippen LogP contribution in [0, 0.1) is 0 Å². The van der Waals surface area contributed by atoms with E-state index in [0.717, 1.165) is 22.9 Å². The lowest BCUT2D eigenvalue weighted by Crippen LogP contribution is -2.48. The van der Waals surface area contributed by atoms with Crippen LogP contribution in [0.1, 0.15) is 31.4 Å². The van der Waals surface area contributed by atoms with Crippen molar-refractivity contribution in [2.45, 2.75) is 31.8 Å². The second-order valence-electron chi connectivity index (χ2n) is 4.97. The van der Waals surface area contributed by atoms with Gasteiger partial charge < -0.3 is 16.0 Å². The van der Waals surface area contributed by atoms with Gasteiger partial charge in [-0.2, -0.15) is 0 Å². The number of urea groups is 1. The molecule has 1 fully saturated rings. The smallest absolute Gasteiger partial charge is 0.312 e. The summed E-state index contributed by atoms with van der Waals surface area (Å²) in [4.78, 5) is 25.1. The number of nitrogens with one attached hydrogen (secondary N) is 1. The van der Waals surface area contributed by atoms with Gasteiger partial charge >= 0.3 is 6.03 Å². The second kappa shape index (κ2) is 6.26. The Labute approximate surface area is 126 Å². The number of halogens is 1. The van der Waals surface area contributed by atoms with Crippen LogP contribution in [0.4, 0.5) is 4.79 Å². The summed E-state index contributed by atoms with van der Waals surface area (Å²) >= 11 is 3.45. The molecule has 1 saturated heterocycles. The monoisotopic (exact) mass is 339 g/mol. The average molecular weight is 340 g/mol. The van der Waals surface area contributed by atoms with Gasteiger partial charge in [0.25, 0.3) is 0 Å². The normalized spacial score (nSPS) is 19.7. The molecular weight excluding hydrogens is 322 g/mol. The molecule has 1 heterocycles. The molecular formula is C14H18BrN3O2. The predicted octanol–water partition coefficient (Wildman–Crippen LogP) is 2.17. The van der Waals surface area contributed by atoms with Gasteiger partial charge in [-0.05, 0) is 37.5 Å². The molecule has 0 bridgehead atoms. The Balaban J connectivity index is 2.15. The Morgan fingerprint density at radius 1 is 1.50 bits per heavy atom.